The van der Waals surface area contributed by atoms with Crippen LogP contribution < -0.4 is 10.0 Å². The van der Waals surface area contributed by atoms with Crippen LogP contribution in [0, 0.1) is 0 Å². The average molecular weight is 312 g/mol. The van der Waals surface area contributed by atoms with Crippen LogP contribution in [0.4, 0.5) is 0 Å². The van der Waals surface area contributed by atoms with Gasteiger partial charge in [0, 0.05) is 13.2 Å². The third-order valence-corrected chi connectivity index (χ3v) is 4.86. The normalized spacial score (nSPS) is 20.1. The Morgan fingerprint density at radius 2 is 2.10 bits per heavy atom. The second-order valence-electron chi connectivity index (χ2n) is 5.04. The fourth-order valence-corrected chi connectivity index (χ4v) is 3.35. The lowest BCUT2D eigenvalue weighted by molar-refractivity contribution is -0.122. The summed E-state index contributed by atoms with van der Waals surface area (Å²) in [4.78, 5) is 12.1. The van der Waals surface area contributed by atoms with E-state index >= 15 is 0 Å². The number of carbonyl (C=O) groups excluding carboxylic acids is 1. The van der Waals surface area contributed by atoms with Gasteiger partial charge in [0.2, 0.25) is 15.9 Å². The molecule has 0 aliphatic carbocycles. The summed E-state index contributed by atoms with van der Waals surface area (Å²) in [7, 11) is -3.68. The molecule has 6 nitrogen and oxygen atoms in total. The largest absolute Gasteiger partial charge is 0.376 e. The fourth-order valence-electron chi connectivity index (χ4n) is 2.13. The molecule has 2 unspecified atom stereocenters. The number of carbonyl (C=O) groups is 1. The van der Waals surface area contributed by atoms with Gasteiger partial charge in [0.1, 0.15) is 0 Å². The first-order valence-electron chi connectivity index (χ1n) is 6.96. The number of benzene rings is 1. The molecule has 2 atom stereocenters. The van der Waals surface area contributed by atoms with Gasteiger partial charge in [-0.25, -0.2) is 8.42 Å². The molecule has 0 aromatic heterocycles. The third-order valence-electron chi connectivity index (χ3n) is 3.31. The van der Waals surface area contributed by atoms with Gasteiger partial charge in [0.05, 0.1) is 17.0 Å². The lowest BCUT2D eigenvalue weighted by Gasteiger charge is -2.16. The Labute approximate surface area is 124 Å². The van der Waals surface area contributed by atoms with E-state index in [0.717, 1.165) is 19.4 Å². The number of hydrogen-bond acceptors (Lipinski definition) is 4. The molecule has 0 bridgehead atoms. The number of ether oxygens (including phenoxy) is 1. The molecule has 21 heavy (non-hydrogen) atoms. The summed E-state index contributed by atoms with van der Waals surface area (Å²) >= 11 is 0. The van der Waals surface area contributed by atoms with Gasteiger partial charge < -0.3 is 10.1 Å². The molecule has 1 saturated heterocycles. The molecule has 7 heteroatoms. The predicted molar refractivity (Wildman–Crippen MR) is 78.2 cm³/mol. The van der Waals surface area contributed by atoms with Gasteiger partial charge >= 0.3 is 0 Å². The molecule has 0 saturated carbocycles. The number of amides is 1. The molecule has 0 spiro atoms. The minimum Gasteiger partial charge on any atom is -0.376 e. The Kier molecular flexibility index (Phi) is 5.33. The van der Waals surface area contributed by atoms with E-state index in [1.807, 2.05) is 0 Å². The molecule has 1 aromatic rings. The number of nitrogens with one attached hydrogen (secondary N) is 2. The topological polar surface area (TPSA) is 84.5 Å². The molecular weight excluding hydrogens is 292 g/mol. The Morgan fingerprint density at radius 1 is 1.38 bits per heavy atom. The molecule has 116 valence electrons. The standard InChI is InChI=1S/C14H20N2O4S/c1-11(14(17)15-10-12-6-5-9-20-12)16-21(18,19)13-7-3-2-4-8-13/h2-4,7-8,11-12,16H,5-6,9-10H2,1H3,(H,15,17). The molecule has 1 aromatic carbocycles. The van der Waals surface area contributed by atoms with Crippen LogP contribution in [0.15, 0.2) is 35.2 Å². The highest BCUT2D eigenvalue weighted by atomic mass is 32.2. The van der Waals surface area contributed by atoms with Crippen LogP contribution in [0.1, 0.15) is 19.8 Å². The van der Waals surface area contributed by atoms with E-state index in [2.05, 4.69) is 10.0 Å². The maximum atomic E-state index is 12.1. The first-order chi connectivity index (χ1) is 9.99. The first-order valence-corrected chi connectivity index (χ1v) is 8.44. The molecule has 1 fully saturated rings. The van der Waals surface area contributed by atoms with E-state index in [4.69, 9.17) is 4.74 Å². The Morgan fingerprint density at radius 3 is 2.71 bits per heavy atom. The quantitative estimate of drug-likeness (QED) is 0.808. The van der Waals surface area contributed by atoms with E-state index in [-0.39, 0.29) is 16.9 Å². The van der Waals surface area contributed by atoms with Crippen LogP contribution in [0.25, 0.3) is 0 Å². The monoisotopic (exact) mass is 312 g/mol. The Bertz CT molecular complexity index is 568. The molecule has 1 aliphatic rings. The van der Waals surface area contributed by atoms with Crippen molar-refractivity contribution in [1.82, 2.24) is 10.0 Å². The van der Waals surface area contributed by atoms with Crippen molar-refractivity contribution in [3.8, 4) is 0 Å². The minimum atomic E-state index is -3.68. The van der Waals surface area contributed by atoms with E-state index < -0.39 is 16.1 Å². The van der Waals surface area contributed by atoms with Gasteiger partial charge in [-0.2, -0.15) is 4.72 Å². The Balaban J connectivity index is 1.87. The van der Waals surface area contributed by atoms with Gasteiger partial charge in [0.25, 0.3) is 0 Å². The van der Waals surface area contributed by atoms with Gasteiger partial charge in [-0.15, -0.1) is 0 Å². The maximum Gasteiger partial charge on any atom is 0.241 e. The van der Waals surface area contributed by atoms with Crippen molar-refractivity contribution in [2.24, 2.45) is 0 Å². The van der Waals surface area contributed by atoms with Crippen molar-refractivity contribution >= 4 is 15.9 Å². The molecule has 1 heterocycles. The highest BCUT2D eigenvalue weighted by Crippen LogP contribution is 2.11. The summed E-state index contributed by atoms with van der Waals surface area (Å²) in [5.41, 5.74) is 0. The highest BCUT2D eigenvalue weighted by molar-refractivity contribution is 7.89. The maximum absolute atomic E-state index is 12.1. The summed E-state index contributed by atoms with van der Waals surface area (Å²) in [6, 6.07) is 7.14. The number of hydrogen-bond donors (Lipinski definition) is 2. The van der Waals surface area contributed by atoms with E-state index in [0.29, 0.717) is 6.54 Å². The number of sulfonamides is 1. The summed E-state index contributed by atoms with van der Waals surface area (Å²) in [6.45, 7) is 2.65. The van der Waals surface area contributed by atoms with Crippen LogP contribution in [-0.4, -0.2) is 39.6 Å². The third kappa shape index (κ3) is 4.52. The smallest absolute Gasteiger partial charge is 0.241 e. The molecule has 1 amide bonds. The van der Waals surface area contributed by atoms with Crippen LogP contribution >= 0.6 is 0 Å². The molecule has 2 N–H and O–H groups in total. The summed E-state index contributed by atoms with van der Waals surface area (Å²) < 4.78 is 32.0. The van der Waals surface area contributed by atoms with Crippen molar-refractivity contribution in [3.05, 3.63) is 30.3 Å². The van der Waals surface area contributed by atoms with E-state index in [1.54, 1.807) is 18.2 Å². The van der Waals surface area contributed by atoms with Crippen LogP contribution in [0.3, 0.4) is 0 Å². The lowest BCUT2D eigenvalue weighted by Crippen LogP contribution is -2.46. The lowest BCUT2D eigenvalue weighted by atomic mass is 10.2. The SMILES string of the molecule is CC(NS(=O)(=O)c1ccccc1)C(=O)NCC1CCCO1. The van der Waals surface area contributed by atoms with Crippen LogP contribution in [0.5, 0.6) is 0 Å². The summed E-state index contributed by atoms with van der Waals surface area (Å²) in [5, 5.41) is 2.71. The van der Waals surface area contributed by atoms with Gasteiger partial charge in [-0.05, 0) is 31.9 Å². The van der Waals surface area contributed by atoms with Crippen molar-refractivity contribution < 1.29 is 17.9 Å². The first kappa shape index (κ1) is 15.9. The molecule has 1 aliphatic heterocycles. The number of rotatable bonds is 6. The van der Waals surface area contributed by atoms with E-state index in [9.17, 15) is 13.2 Å². The minimum absolute atomic E-state index is 0.0341. The van der Waals surface area contributed by atoms with Crippen molar-refractivity contribution in [2.75, 3.05) is 13.2 Å². The second-order valence-corrected chi connectivity index (χ2v) is 6.75. The molecule has 2 rings (SSSR count). The van der Waals surface area contributed by atoms with Crippen LogP contribution in [0.2, 0.25) is 0 Å². The zero-order valence-electron chi connectivity index (χ0n) is 11.9. The highest BCUT2D eigenvalue weighted by Gasteiger charge is 2.23. The van der Waals surface area contributed by atoms with Gasteiger partial charge in [-0.1, -0.05) is 18.2 Å². The second kappa shape index (κ2) is 7.02. The zero-order chi connectivity index (χ0) is 15.3. The van der Waals surface area contributed by atoms with Crippen molar-refractivity contribution in [3.63, 3.8) is 0 Å². The van der Waals surface area contributed by atoms with Crippen molar-refractivity contribution in [2.45, 2.75) is 36.8 Å². The van der Waals surface area contributed by atoms with Crippen molar-refractivity contribution in [1.29, 1.82) is 0 Å². The van der Waals surface area contributed by atoms with E-state index in [1.165, 1.54) is 19.1 Å². The fraction of sp³-hybridized carbons (Fsp3) is 0.500. The Hall–Kier alpha value is -1.44. The average Bonchev–Trinajstić information content (AvgIpc) is 2.98. The summed E-state index contributed by atoms with van der Waals surface area (Å²) in [6.07, 6.45) is 1.95. The van der Waals surface area contributed by atoms with Gasteiger partial charge in [-0.3, -0.25) is 4.79 Å². The zero-order valence-corrected chi connectivity index (χ0v) is 12.7. The molecule has 0 radical (unpaired) electrons. The summed E-state index contributed by atoms with van der Waals surface area (Å²) in [5.74, 6) is -0.356. The van der Waals surface area contributed by atoms with Gasteiger partial charge in [0.15, 0.2) is 0 Å². The molecular formula is C14H20N2O4S. The predicted octanol–water partition coefficient (Wildman–Crippen LogP) is 0.649. The van der Waals surface area contributed by atoms with Crippen LogP contribution in [-0.2, 0) is 19.6 Å².